The first-order valence-corrected chi connectivity index (χ1v) is 13.1. The first-order chi connectivity index (χ1) is 16.8. The Morgan fingerprint density at radius 3 is 2.54 bits per heavy atom. The van der Waals surface area contributed by atoms with Crippen molar-refractivity contribution < 1.29 is 14.4 Å². The van der Waals surface area contributed by atoms with Gasteiger partial charge < -0.3 is 5.32 Å². The summed E-state index contributed by atoms with van der Waals surface area (Å²) in [6.45, 7) is 6.43. The fourth-order valence-corrected chi connectivity index (χ4v) is 5.68. The minimum Gasteiger partial charge on any atom is -0.324 e. The number of rotatable bonds is 8. The summed E-state index contributed by atoms with van der Waals surface area (Å²) in [7, 11) is 0. The minimum atomic E-state index is -0.353. The number of hydrogen-bond donors (Lipinski definition) is 1. The summed E-state index contributed by atoms with van der Waals surface area (Å²) in [6.07, 6.45) is 4.13. The zero-order valence-electron chi connectivity index (χ0n) is 20.2. The maximum absolute atomic E-state index is 13.6. The molecular formula is C27H29N3O3S2. The average molecular weight is 508 g/mol. The van der Waals surface area contributed by atoms with Crippen LogP contribution in [0.25, 0.3) is 5.57 Å². The van der Waals surface area contributed by atoms with Crippen LogP contribution < -0.4 is 10.2 Å². The largest absolute Gasteiger partial charge is 0.324 e. The molecule has 0 atom stereocenters. The van der Waals surface area contributed by atoms with Crippen molar-refractivity contribution in [2.24, 2.45) is 0 Å². The molecule has 2 heterocycles. The lowest BCUT2D eigenvalue weighted by Gasteiger charge is -2.17. The lowest BCUT2D eigenvalue weighted by molar-refractivity contribution is -0.122. The molecule has 2 aromatic rings. The summed E-state index contributed by atoms with van der Waals surface area (Å²) in [5.74, 6) is -0.878. The molecule has 182 valence electrons. The maximum Gasteiger partial charge on any atom is 0.267 e. The van der Waals surface area contributed by atoms with Gasteiger partial charge in [0.05, 0.1) is 16.2 Å². The molecule has 1 fully saturated rings. The number of unbranched alkanes of at least 4 members (excludes halogenated alkanes) is 3. The molecule has 2 aromatic carbocycles. The van der Waals surface area contributed by atoms with Crippen molar-refractivity contribution in [3.63, 3.8) is 0 Å². The average Bonchev–Trinajstić information content (AvgIpc) is 3.26. The summed E-state index contributed by atoms with van der Waals surface area (Å²) in [5, 5.41) is 2.92. The molecule has 0 radical (unpaired) electrons. The van der Waals surface area contributed by atoms with Gasteiger partial charge in [-0.3, -0.25) is 24.2 Å². The number of para-hydroxylation sites is 1. The Morgan fingerprint density at radius 1 is 1.00 bits per heavy atom. The number of benzene rings is 2. The smallest absolute Gasteiger partial charge is 0.267 e. The first-order valence-electron chi connectivity index (χ1n) is 11.9. The molecular weight excluding hydrogens is 478 g/mol. The molecule has 35 heavy (non-hydrogen) atoms. The van der Waals surface area contributed by atoms with Gasteiger partial charge in [0.1, 0.15) is 10.9 Å². The van der Waals surface area contributed by atoms with Gasteiger partial charge in [-0.25, -0.2) is 0 Å². The highest BCUT2D eigenvalue weighted by atomic mass is 32.2. The number of hydrogen-bond acceptors (Lipinski definition) is 5. The van der Waals surface area contributed by atoms with E-state index in [-0.39, 0.29) is 24.3 Å². The van der Waals surface area contributed by atoms with Crippen LogP contribution in [0.15, 0.2) is 47.4 Å². The number of carbonyl (C=O) groups is 3. The highest BCUT2D eigenvalue weighted by Crippen LogP contribution is 2.44. The molecule has 0 spiro atoms. The van der Waals surface area contributed by atoms with Gasteiger partial charge in [-0.2, -0.15) is 0 Å². The quantitative estimate of drug-likeness (QED) is 0.293. The third-order valence-corrected chi connectivity index (χ3v) is 7.65. The fourth-order valence-electron chi connectivity index (χ4n) is 4.30. The molecule has 0 saturated carbocycles. The van der Waals surface area contributed by atoms with Crippen LogP contribution in [-0.2, 0) is 14.4 Å². The Kier molecular flexibility index (Phi) is 7.72. The molecule has 0 aliphatic carbocycles. The van der Waals surface area contributed by atoms with Crippen LogP contribution in [0.3, 0.4) is 0 Å². The molecule has 1 saturated heterocycles. The number of nitrogens with zero attached hydrogens (tertiary/aromatic N) is 2. The number of amides is 3. The van der Waals surface area contributed by atoms with Crippen molar-refractivity contribution in [3.8, 4) is 0 Å². The van der Waals surface area contributed by atoms with Crippen molar-refractivity contribution in [3.05, 3.63) is 64.1 Å². The summed E-state index contributed by atoms with van der Waals surface area (Å²) >= 11 is 6.66. The Labute approximate surface area is 215 Å². The SMILES string of the molecule is CCCCCCN1C(=O)C(=C2C(=O)N(CC(=O)Nc3cc(C)ccc3C)c3ccccc32)SC1=S. The number of thiocarbonyl (C=S) groups is 1. The van der Waals surface area contributed by atoms with Crippen molar-refractivity contribution in [2.75, 3.05) is 23.3 Å². The van der Waals surface area contributed by atoms with Gasteiger partial charge in [0.15, 0.2) is 0 Å². The van der Waals surface area contributed by atoms with E-state index in [4.69, 9.17) is 12.2 Å². The Bertz CT molecular complexity index is 1240. The molecule has 4 rings (SSSR count). The van der Waals surface area contributed by atoms with E-state index in [1.165, 1.54) is 16.7 Å². The third-order valence-electron chi connectivity index (χ3n) is 6.20. The molecule has 0 bridgehead atoms. The lowest BCUT2D eigenvalue weighted by Crippen LogP contribution is -2.35. The molecule has 1 N–H and O–H groups in total. The predicted molar refractivity (Wildman–Crippen MR) is 146 cm³/mol. The van der Waals surface area contributed by atoms with Gasteiger partial charge in [0, 0.05) is 17.8 Å². The zero-order valence-corrected chi connectivity index (χ0v) is 21.9. The molecule has 3 amide bonds. The minimum absolute atomic E-state index is 0.149. The number of fused-ring (bicyclic) bond motifs is 1. The van der Waals surface area contributed by atoms with Crippen LogP contribution in [0.1, 0.15) is 49.3 Å². The van der Waals surface area contributed by atoms with Gasteiger partial charge in [0.25, 0.3) is 11.8 Å². The highest BCUT2D eigenvalue weighted by Gasteiger charge is 2.42. The van der Waals surface area contributed by atoms with Gasteiger partial charge in [-0.15, -0.1) is 0 Å². The molecule has 8 heteroatoms. The zero-order chi connectivity index (χ0) is 25.1. The monoisotopic (exact) mass is 507 g/mol. The summed E-state index contributed by atoms with van der Waals surface area (Å²) < 4.78 is 0.477. The van der Waals surface area contributed by atoms with E-state index in [1.807, 2.05) is 50.2 Å². The molecule has 0 aromatic heterocycles. The fraction of sp³-hybridized carbons (Fsp3) is 0.333. The van der Waals surface area contributed by atoms with Crippen LogP contribution in [0.4, 0.5) is 11.4 Å². The molecule has 0 unspecified atom stereocenters. The summed E-state index contributed by atoms with van der Waals surface area (Å²) in [5.41, 5.74) is 4.31. The predicted octanol–water partition coefficient (Wildman–Crippen LogP) is 5.44. The molecule has 2 aliphatic rings. The van der Waals surface area contributed by atoms with Crippen LogP contribution in [0.5, 0.6) is 0 Å². The normalized spacial score (nSPS) is 17.4. The summed E-state index contributed by atoms with van der Waals surface area (Å²) in [4.78, 5) is 43.2. The number of anilines is 2. The van der Waals surface area contributed by atoms with Gasteiger partial charge in [-0.05, 0) is 43.5 Å². The van der Waals surface area contributed by atoms with Crippen LogP contribution >= 0.6 is 24.0 Å². The second kappa shape index (κ2) is 10.7. The van der Waals surface area contributed by atoms with E-state index in [9.17, 15) is 14.4 Å². The first kappa shape index (κ1) is 25.1. The van der Waals surface area contributed by atoms with E-state index in [0.717, 1.165) is 42.5 Å². The van der Waals surface area contributed by atoms with E-state index in [1.54, 1.807) is 11.0 Å². The Morgan fingerprint density at radius 2 is 1.77 bits per heavy atom. The van der Waals surface area contributed by atoms with Crippen molar-refractivity contribution in [1.82, 2.24) is 4.90 Å². The van der Waals surface area contributed by atoms with E-state index in [0.29, 0.717) is 32.6 Å². The van der Waals surface area contributed by atoms with Gasteiger partial charge in [-0.1, -0.05) is 80.5 Å². The van der Waals surface area contributed by atoms with Crippen LogP contribution in [-0.4, -0.2) is 40.0 Å². The lowest BCUT2D eigenvalue weighted by atomic mass is 10.1. The van der Waals surface area contributed by atoms with Crippen molar-refractivity contribution in [2.45, 2.75) is 46.5 Å². The van der Waals surface area contributed by atoms with Crippen LogP contribution in [0, 0.1) is 13.8 Å². The molecule has 6 nitrogen and oxygen atoms in total. The number of aryl methyl sites for hydroxylation is 2. The van der Waals surface area contributed by atoms with E-state index < -0.39 is 0 Å². The standard InChI is InChI=1S/C27H29N3O3S2/c1-4-5-6-9-14-29-26(33)24(35-27(29)34)23-19-10-7-8-11-21(19)30(25(23)32)16-22(31)28-20-15-17(2)12-13-18(20)3/h7-8,10-13,15H,4-6,9,14,16H2,1-3H3,(H,28,31). The third kappa shape index (κ3) is 5.18. The Hall–Kier alpha value is -2.97. The van der Waals surface area contributed by atoms with Crippen LogP contribution in [0.2, 0.25) is 0 Å². The van der Waals surface area contributed by atoms with E-state index >= 15 is 0 Å². The highest BCUT2D eigenvalue weighted by molar-refractivity contribution is 8.26. The second-order valence-corrected chi connectivity index (χ2v) is 10.5. The van der Waals surface area contributed by atoms with Crippen molar-refractivity contribution in [1.29, 1.82) is 0 Å². The molecule has 2 aliphatic heterocycles. The second-order valence-electron chi connectivity index (χ2n) is 8.86. The summed E-state index contributed by atoms with van der Waals surface area (Å²) in [6, 6.07) is 13.1. The topological polar surface area (TPSA) is 69.7 Å². The number of thioether (sulfide) groups is 1. The van der Waals surface area contributed by atoms with Gasteiger partial charge in [0.2, 0.25) is 5.91 Å². The van der Waals surface area contributed by atoms with Gasteiger partial charge >= 0.3 is 0 Å². The maximum atomic E-state index is 13.6. The number of nitrogens with one attached hydrogen (secondary N) is 1. The van der Waals surface area contributed by atoms with E-state index in [2.05, 4.69) is 12.2 Å². The Balaban J connectivity index is 1.58. The van der Waals surface area contributed by atoms with Crippen molar-refractivity contribution >= 4 is 63.0 Å². The number of carbonyl (C=O) groups excluding carboxylic acids is 3.